The summed E-state index contributed by atoms with van der Waals surface area (Å²) in [6, 6.07) is 0.818. The first-order valence-corrected chi connectivity index (χ1v) is 5.22. The van der Waals surface area contributed by atoms with Gasteiger partial charge in [-0.1, -0.05) is 0 Å². The molecule has 0 bridgehead atoms. The first kappa shape index (κ1) is 9.52. The summed E-state index contributed by atoms with van der Waals surface area (Å²) in [6.07, 6.45) is 7.01. The smallest absolute Gasteiger partial charge is 0.157 e. The molecule has 4 nitrogen and oxygen atoms in total. The standard InChI is InChI=1S/C10H17N3O/c1-2-14-10-6-12-13(7-10)9-4-3-8(11)5-9/h6-9H,2-5,11H2,1H3. The molecule has 2 atom stereocenters. The van der Waals surface area contributed by atoms with Crippen LogP contribution in [0.25, 0.3) is 0 Å². The maximum atomic E-state index is 5.86. The van der Waals surface area contributed by atoms with E-state index in [1.165, 1.54) is 0 Å². The normalized spacial score (nSPS) is 26.7. The van der Waals surface area contributed by atoms with Crippen LogP contribution in [0.2, 0.25) is 0 Å². The fraction of sp³-hybridized carbons (Fsp3) is 0.700. The van der Waals surface area contributed by atoms with Gasteiger partial charge in [0.15, 0.2) is 5.75 Å². The Morgan fingerprint density at radius 3 is 3.14 bits per heavy atom. The van der Waals surface area contributed by atoms with Crippen LogP contribution >= 0.6 is 0 Å². The van der Waals surface area contributed by atoms with E-state index in [0.29, 0.717) is 18.7 Å². The summed E-state index contributed by atoms with van der Waals surface area (Å²) < 4.78 is 7.34. The molecule has 4 heteroatoms. The van der Waals surface area contributed by atoms with Gasteiger partial charge in [0, 0.05) is 6.04 Å². The Morgan fingerprint density at radius 2 is 2.50 bits per heavy atom. The molecule has 0 saturated heterocycles. The third kappa shape index (κ3) is 1.90. The van der Waals surface area contributed by atoms with Crippen molar-refractivity contribution in [2.75, 3.05) is 6.61 Å². The molecule has 1 fully saturated rings. The van der Waals surface area contributed by atoms with Crippen molar-refractivity contribution < 1.29 is 4.74 Å². The highest BCUT2D eigenvalue weighted by atomic mass is 16.5. The van der Waals surface area contributed by atoms with Gasteiger partial charge in [-0.2, -0.15) is 5.10 Å². The van der Waals surface area contributed by atoms with Crippen LogP contribution in [0, 0.1) is 0 Å². The molecule has 78 valence electrons. The van der Waals surface area contributed by atoms with E-state index >= 15 is 0 Å². The lowest BCUT2D eigenvalue weighted by molar-refractivity contribution is 0.338. The summed E-state index contributed by atoms with van der Waals surface area (Å²) in [4.78, 5) is 0. The lowest BCUT2D eigenvalue weighted by Gasteiger charge is -2.09. The van der Waals surface area contributed by atoms with E-state index in [4.69, 9.17) is 10.5 Å². The van der Waals surface area contributed by atoms with Crippen LogP contribution in [0.4, 0.5) is 0 Å². The molecule has 1 aliphatic carbocycles. The SMILES string of the molecule is CCOc1cnn(C2CCC(N)C2)c1. The molecular weight excluding hydrogens is 178 g/mol. The predicted molar refractivity (Wildman–Crippen MR) is 54.3 cm³/mol. The van der Waals surface area contributed by atoms with Crippen molar-refractivity contribution in [2.45, 2.75) is 38.3 Å². The Labute approximate surface area is 84.0 Å². The zero-order chi connectivity index (χ0) is 9.97. The minimum Gasteiger partial charge on any atom is -0.491 e. The average Bonchev–Trinajstić information content (AvgIpc) is 2.74. The van der Waals surface area contributed by atoms with Gasteiger partial charge in [0.1, 0.15) is 0 Å². The Morgan fingerprint density at radius 1 is 1.64 bits per heavy atom. The van der Waals surface area contributed by atoms with Gasteiger partial charge in [-0.15, -0.1) is 0 Å². The molecule has 0 aliphatic heterocycles. The first-order valence-electron chi connectivity index (χ1n) is 5.22. The molecule has 2 rings (SSSR count). The molecule has 0 radical (unpaired) electrons. The third-order valence-corrected chi connectivity index (χ3v) is 2.71. The van der Waals surface area contributed by atoms with Crippen LogP contribution in [0.1, 0.15) is 32.2 Å². The van der Waals surface area contributed by atoms with Gasteiger partial charge in [-0.25, -0.2) is 0 Å². The minimum atomic E-state index is 0.347. The fourth-order valence-corrected chi connectivity index (χ4v) is 1.99. The molecule has 0 spiro atoms. The van der Waals surface area contributed by atoms with Gasteiger partial charge in [0.05, 0.1) is 25.0 Å². The molecule has 2 N–H and O–H groups in total. The van der Waals surface area contributed by atoms with Crippen molar-refractivity contribution in [1.82, 2.24) is 9.78 Å². The lowest BCUT2D eigenvalue weighted by Crippen LogP contribution is -2.16. The van der Waals surface area contributed by atoms with E-state index in [-0.39, 0.29) is 0 Å². The molecule has 1 heterocycles. The Kier molecular flexibility index (Phi) is 2.72. The summed E-state index contributed by atoms with van der Waals surface area (Å²) in [6.45, 7) is 2.67. The zero-order valence-electron chi connectivity index (χ0n) is 8.52. The average molecular weight is 195 g/mol. The highest BCUT2D eigenvalue weighted by Crippen LogP contribution is 2.29. The molecule has 1 aromatic heterocycles. The van der Waals surface area contributed by atoms with E-state index in [2.05, 4.69) is 5.10 Å². The van der Waals surface area contributed by atoms with Crippen LogP contribution in [0.3, 0.4) is 0 Å². The van der Waals surface area contributed by atoms with Crippen molar-refractivity contribution in [2.24, 2.45) is 5.73 Å². The van der Waals surface area contributed by atoms with Gasteiger partial charge in [-0.05, 0) is 26.2 Å². The van der Waals surface area contributed by atoms with Crippen molar-refractivity contribution in [1.29, 1.82) is 0 Å². The molecule has 2 unspecified atom stereocenters. The van der Waals surface area contributed by atoms with Crippen LogP contribution in [0.5, 0.6) is 5.75 Å². The monoisotopic (exact) mass is 195 g/mol. The fourth-order valence-electron chi connectivity index (χ4n) is 1.99. The number of rotatable bonds is 3. The van der Waals surface area contributed by atoms with Crippen LogP contribution in [-0.4, -0.2) is 22.4 Å². The van der Waals surface area contributed by atoms with Crippen molar-refractivity contribution >= 4 is 0 Å². The number of ether oxygens (including phenoxy) is 1. The molecule has 0 amide bonds. The van der Waals surface area contributed by atoms with Crippen LogP contribution < -0.4 is 10.5 Å². The van der Waals surface area contributed by atoms with E-state index in [1.54, 1.807) is 6.20 Å². The zero-order valence-corrected chi connectivity index (χ0v) is 8.52. The second kappa shape index (κ2) is 4.00. The van der Waals surface area contributed by atoms with Crippen molar-refractivity contribution in [3.63, 3.8) is 0 Å². The van der Waals surface area contributed by atoms with Gasteiger partial charge < -0.3 is 10.5 Å². The summed E-state index contributed by atoms with van der Waals surface area (Å²) in [7, 11) is 0. The van der Waals surface area contributed by atoms with Crippen molar-refractivity contribution in [3.05, 3.63) is 12.4 Å². The Bertz CT molecular complexity index is 297. The highest BCUT2D eigenvalue weighted by Gasteiger charge is 2.23. The number of hydrogen-bond acceptors (Lipinski definition) is 3. The summed E-state index contributed by atoms with van der Waals surface area (Å²) >= 11 is 0. The highest BCUT2D eigenvalue weighted by molar-refractivity contribution is 5.12. The van der Waals surface area contributed by atoms with E-state index in [1.807, 2.05) is 17.8 Å². The topological polar surface area (TPSA) is 53.1 Å². The molecule has 1 aliphatic rings. The van der Waals surface area contributed by atoms with Crippen LogP contribution in [-0.2, 0) is 0 Å². The molecular formula is C10H17N3O. The summed E-state index contributed by atoms with van der Waals surface area (Å²) in [5.41, 5.74) is 5.86. The lowest BCUT2D eigenvalue weighted by atomic mass is 10.2. The quantitative estimate of drug-likeness (QED) is 0.791. The first-order chi connectivity index (χ1) is 6.79. The Balaban J connectivity index is 2.02. The maximum absolute atomic E-state index is 5.86. The molecule has 0 aromatic carbocycles. The van der Waals surface area contributed by atoms with E-state index < -0.39 is 0 Å². The maximum Gasteiger partial charge on any atom is 0.157 e. The molecule has 14 heavy (non-hydrogen) atoms. The number of hydrogen-bond donors (Lipinski definition) is 1. The second-order valence-corrected chi connectivity index (χ2v) is 3.82. The Hall–Kier alpha value is -1.03. The van der Waals surface area contributed by atoms with Gasteiger partial charge >= 0.3 is 0 Å². The summed E-state index contributed by atoms with van der Waals surface area (Å²) in [5.74, 6) is 0.855. The number of nitrogens with zero attached hydrogens (tertiary/aromatic N) is 2. The summed E-state index contributed by atoms with van der Waals surface area (Å²) in [5, 5.41) is 4.29. The third-order valence-electron chi connectivity index (χ3n) is 2.71. The molecule has 1 saturated carbocycles. The predicted octanol–water partition coefficient (Wildman–Crippen LogP) is 1.33. The number of aromatic nitrogens is 2. The largest absolute Gasteiger partial charge is 0.491 e. The number of nitrogens with two attached hydrogens (primary N) is 1. The van der Waals surface area contributed by atoms with E-state index in [9.17, 15) is 0 Å². The van der Waals surface area contributed by atoms with Crippen LogP contribution in [0.15, 0.2) is 12.4 Å². The van der Waals surface area contributed by atoms with Gasteiger partial charge in [0.25, 0.3) is 0 Å². The van der Waals surface area contributed by atoms with Gasteiger partial charge in [0.2, 0.25) is 0 Å². The van der Waals surface area contributed by atoms with E-state index in [0.717, 1.165) is 25.0 Å². The second-order valence-electron chi connectivity index (χ2n) is 3.82. The molecule has 1 aromatic rings. The van der Waals surface area contributed by atoms with Gasteiger partial charge in [-0.3, -0.25) is 4.68 Å². The minimum absolute atomic E-state index is 0.347. The van der Waals surface area contributed by atoms with Crippen molar-refractivity contribution in [3.8, 4) is 5.75 Å².